The molecule has 1 saturated heterocycles. The van der Waals surface area contributed by atoms with Gasteiger partial charge in [-0.05, 0) is 23.3 Å². The van der Waals surface area contributed by atoms with Gasteiger partial charge in [0.05, 0.1) is 6.42 Å². The summed E-state index contributed by atoms with van der Waals surface area (Å²) in [6, 6.07) is 18.5. The molecule has 4 heteroatoms. The first-order valence-corrected chi connectivity index (χ1v) is 8.03. The smallest absolute Gasteiger partial charge is 0.307 e. The second-order valence-corrected chi connectivity index (χ2v) is 5.99. The van der Waals surface area contributed by atoms with Crippen molar-refractivity contribution in [2.24, 2.45) is 0 Å². The highest BCUT2D eigenvalue weighted by Crippen LogP contribution is 2.18. The first kappa shape index (κ1) is 15.6. The van der Waals surface area contributed by atoms with Crippen LogP contribution < -0.4 is 4.90 Å². The summed E-state index contributed by atoms with van der Waals surface area (Å²) in [5, 5.41) is 8.82. The van der Waals surface area contributed by atoms with Crippen molar-refractivity contribution in [3.05, 3.63) is 65.7 Å². The molecule has 2 aromatic carbocycles. The van der Waals surface area contributed by atoms with E-state index in [0.717, 1.165) is 38.3 Å². The second kappa shape index (κ2) is 7.29. The van der Waals surface area contributed by atoms with Gasteiger partial charge in [-0.2, -0.15) is 0 Å². The zero-order valence-corrected chi connectivity index (χ0v) is 13.2. The average Bonchev–Trinajstić information content (AvgIpc) is 2.57. The number of piperazine rings is 1. The first-order chi connectivity index (χ1) is 11.2. The van der Waals surface area contributed by atoms with E-state index in [0.29, 0.717) is 0 Å². The van der Waals surface area contributed by atoms with Crippen molar-refractivity contribution in [3.8, 4) is 0 Å². The molecule has 120 valence electrons. The van der Waals surface area contributed by atoms with Gasteiger partial charge in [-0.15, -0.1) is 0 Å². The van der Waals surface area contributed by atoms with E-state index in [-0.39, 0.29) is 6.42 Å². The third-order valence-electron chi connectivity index (χ3n) is 4.28. The standard InChI is InChI=1S/C19H22N2O2/c22-19(23)14-16-6-8-18(9-7-16)21-12-10-20(11-13-21)15-17-4-2-1-3-5-17/h1-9H,10-15H2,(H,22,23). The lowest BCUT2D eigenvalue weighted by atomic mass is 10.1. The molecule has 4 nitrogen and oxygen atoms in total. The molecule has 23 heavy (non-hydrogen) atoms. The molecular weight excluding hydrogens is 288 g/mol. The Morgan fingerprint density at radius 1 is 0.870 bits per heavy atom. The Hall–Kier alpha value is -2.33. The molecule has 1 aliphatic rings. The second-order valence-electron chi connectivity index (χ2n) is 5.99. The molecule has 0 radical (unpaired) electrons. The Morgan fingerprint density at radius 3 is 2.13 bits per heavy atom. The van der Waals surface area contributed by atoms with Crippen molar-refractivity contribution >= 4 is 11.7 Å². The van der Waals surface area contributed by atoms with E-state index in [2.05, 4.69) is 40.1 Å². The van der Waals surface area contributed by atoms with Crippen LogP contribution in [-0.4, -0.2) is 42.2 Å². The number of carboxylic acid groups (broad SMARTS) is 1. The van der Waals surface area contributed by atoms with Gasteiger partial charge in [0.15, 0.2) is 0 Å². The molecule has 0 saturated carbocycles. The Labute approximate surface area is 137 Å². The summed E-state index contributed by atoms with van der Waals surface area (Å²) < 4.78 is 0. The third-order valence-corrected chi connectivity index (χ3v) is 4.28. The van der Waals surface area contributed by atoms with Gasteiger partial charge in [0, 0.05) is 38.4 Å². The maximum atomic E-state index is 10.7. The van der Waals surface area contributed by atoms with Gasteiger partial charge in [0.2, 0.25) is 0 Å². The summed E-state index contributed by atoms with van der Waals surface area (Å²) in [6.45, 7) is 5.11. The molecule has 0 unspecified atom stereocenters. The molecule has 0 aliphatic carbocycles. The highest BCUT2D eigenvalue weighted by Gasteiger charge is 2.17. The molecule has 1 aliphatic heterocycles. The first-order valence-electron chi connectivity index (χ1n) is 8.03. The van der Waals surface area contributed by atoms with Crippen LogP contribution in [0.3, 0.4) is 0 Å². The van der Waals surface area contributed by atoms with Gasteiger partial charge in [0.1, 0.15) is 0 Å². The number of hydrogen-bond donors (Lipinski definition) is 1. The number of rotatable bonds is 5. The van der Waals surface area contributed by atoms with Crippen LogP contribution in [0.25, 0.3) is 0 Å². The molecule has 3 rings (SSSR count). The van der Waals surface area contributed by atoms with E-state index in [4.69, 9.17) is 5.11 Å². The van der Waals surface area contributed by atoms with Crippen LogP contribution in [0.15, 0.2) is 54.6 Å². The number of carbonyl (C=O) groups is 1. The van der Waals surface area contributed by atoms with Crippen LogP contribution in [0.2, 0.25) is 0 Å². The van der Waals surface area contributed by atoms with Crippen molar-refractivity contribution in [1.29, 1.82) is 0 Å². The van der Waals surface area contributed by atoms with Gasteiger partial charge in [-0.25, -0.2) is 0 Å². The van der Waals surface area contributed by atoms with Gasteiger partial charge in [-0.1, -0.05) is 42.5 Å². The molecule has 0 atom stereocenters. The van der Waals surface area contributed by atoms with Crippen LogP contribution in [0.1, 0.15) is 11.1 Å². The Morgan fingerprint density at radius 2 is 1.52 bits per heavy atom. The largest absolute Gasteiger partial charge is 0.481 e. The normalized spacial score (nSPS) is 15.6. The zero-order chi connectivity index (χ0) is 16.1. The van der Waals surface area contributed by atoms with Crippen molar-refractivity contribution in [2.45, 2.75) is 13.0 Å². The number of nitrogens with zero attached hydrogens (tertiary/aromatic N) is 2. The van der Waals surface area contributed by atoms with Crippen LogP contribution in [0, 0.1) is 0 Å². The Balaban J connectivity index is 1.53. The molecular formula is C19H22N2O2. The van der Waals surface area contributed by atoms with Gasteiger partial charge < -0.3 is 10.0 Å². The molecule has 0 bridgehead atoms. The summed E-state index contributed by atoms with van der Waals surface area (Å²) in [5.41, 5.74) is 3.39. The van der Waals surface area contributed by atoms with Gasteiger partial charge in [0.25, 0.3) is 0 Å². The highest BCUT2D eigenvalue weighted by atomic mass is 16.4. The fourth-order valence-electron chi connectivity index (χ4n) is 3.01. The lowest BCUT2D eigenvalue weighted by Crippen LogP contribution is -2.45. The lowest BCUT2D eigenvalue weighted by Gasteiger charge is -2.36. The minimum Gasteiger partial charge on any atom is -0.481 e. The van der Waals surface area contributed by atoms with Gasteiger partial charge >= 0.3 is 5.97 Å². The topological polar surface area (TPSA) is 43.8 Å². The van der Waals surface area contributed by atoms with Crippen LogP contribution in [-0.2, 0) is 17.8 Å². The van der Waals surface area contributed by atoms with E-state index in [9.17, 15) is 4.79 Å². The van der Waals surface area contributed by atoms with Crippen molar-refractivity contribution < 1.29 is 9.90 Å². The Bertz CT molecular complexity index is 632. The van der Waals surface area contributed by atoms with E-state index in [1.54, 1.807) is 0 Å². The minimum absolute atomic E-state index is 0.0884. The summed E-state index contributed by atoms with van der Waals surface area (Å²) in [7, 11) is 0. The summed E-state index contributed by atoms with van der Waals surface area (Å²) in [5.74, 6) is -0.785. The van der Waals surface area contributed by atoms with Crippen LogP contribution in [0.4, 0.5) is 5.69 Å². The third kappa shape index (κ3) is 4.33. The molecule has 1 fully saturated rings. The average molecular weight is 310 g/mol. The van der Waals surface area contributed by atoms with E-state index < -0.39 is 5.97 Å². The molecule has 0 aromatic heterocycles. The molecule has 1 heterocycles. The van der Waals surface area contributed by atoms with Crippen molar-refractivity contribution in [3.63, 3.8) is 0 Å². The summed E-state index contributed by atoms with van der Waals surface area (Å²) in [6.07, 6.45) is 0.0884. The molecule has 0 spiro atoms. The quantitative estimate of drug-likeness (QED) is 0.922. The number of carboxylic acids is 1. The predicted octanol–water partition coefficient (Wildman–Crippen LogP) is 2.64. The number of aliphatic carboxylic acids is 1. The maximum Gasteiger partial charge on any atom is 0.307 e. The maximum absolute atomic E-state index is 10.7. The fourth-order valence-corrected chi connectivity index (χ4v) is 3.01. The van der Waals surface area contributed by atoms with E-state index in [1.807, 2.05) is 24.3 Å². The van der Waals surface area contributed by atoms with Gasteiger partial charge in [-0.3, -0.25) is 9.69 Å². The monoisotopic (exact) mass is 310 g/mol. The zero-order valence-electron chi connectivity index (χ0n) is 13.2. The summed E-state index contributed by atoms with van der Waals surface area (Å²) >= 11 is 0. The lowest BCUT2D eigenvalue weighted by molar-refractivity contribution is -0.136. The number of anilines is 1. The molecule has 1 N–H and O–H groups in total. The van der Waals surface area contributed by atoms with Crippen molar-refractivity contribution in [2.75, 3.05) is 31.1 Å². The van der Waals surface area contributed by atoms with Crippen LogP contribution >= 0.6 is 0 Å². The minimum atomic E-state index is -0.785. The molecule has 0 amide bonds. The number of hydrogen-bond acceptors (Lipinski definition) is 3. The SMILES string of the molecule is O=C(O)Cc1ccc(N2CCN(Cc3ccccc3)CC2)cc1. The summed E-state index contributed by atoms with van der Waals surface area (Å²) in [4.78, 5) is 15.6. The number of benzene rings is 2. The van der Waals surface area contributed by atoms with Crippen molar-refractivity contribution in [1.82, 2.24) is 4.90 Å². The Kier molecular flexibility index (Phi) is 4.93. The predicted molar refractivity (Wildman–Crippen MR) is 91.7 cm³/mol. The van der Waals surface area contributed by atoms with E-state index >= 15 is 0 Å². The van der Waals surface area contributed by atoms with E-state index in [1.165, 1.54) is 11.3 Å². The molecule has 2 aromatic rings. The highest BCUT2D eigenvalue weighted by molar-refractivity contribution is 5.70. The fraction of sp³-hybridized carbons (Fsp3) is 0.316. The van der Waals surface area contributed by atoms with Crippen LogP contribution in [0.5, 0.6) is 0 Å².